The van der Waals surface area contributed by atoms with Crippen molar-refractivity contribution in [1.29, 1.82) is 0 Å². The predicted octanol–water partition coefficient (Wildman–Crippen LogP) is 5.92. The summed E-state index contributed by atoms with van der Waals surface area (Å²) in [7, 11) is 0. The predicted molar refractivity (Wildman–Crippen MR) is 108 cm³/mol. The summed E-state index contributed by atoms with van der Waals surface area (Å²) in [6.07, 6.45) is 11.1. The van der Waals surface area contributed by atoms with E-state index in [2.05, 4.69) is 85.3 Å². The number of rotatable bonds is 7. The fourth-order valence-corrected chi connectivity index (χ4v) is 3.61. The van der Waals surface area contributed by atoms with Gasteiger partial charge in [-0.3, -0.25) is 0 Å². The molecule has 0 amide bonds. The zero-order valence-corrected chi connectivity index (χ0v) is 15.6. The molecule has 1 aliphatic heterocycles. The number of hydrogen-bond acceptors (Lipinski definition) is 0. The Bertz CT molecular complexity index is 740. The van der Waals surface area contributed by atoms with Gasteiger partial charge in [-0.2, -0.15) is 0 Å². The molecule has 2 aromatic rings. The van der Waals surface area contributed by atoms with Crippen molar-refractivity contribution in [2.45, 2.75) is 52.0 Å². The van der Waals surface area contributed by atoms with Crippen LogP contribution in [-0.4, -0.2) is 23.4 Å². The van der Waals surface area contributed by atoms with E-state index in [4.69, 9.17) is 0 Å². The third-order valence-corrected chi connectivity index (χ3v) is 5.05. The minimum absolute atomic E-state index is 0.481. The fourth-order valence-electron chi connectivity index (χ4n) is 3.61. The molecule has 3 rings (SSSR count). The van der Waals surface area contributed by atoms with Crippen LogP contribution in [0.15, 0.2) is 60.7 Å². The summed E-state index contributed by atoms with van der Waals surface area (Å²) in [4.78, 5) is 0. The van der Waals surface area contributed by atoms with Crippen LogP contribution in [0.1, 0.15) is 62.6 Å². The molecule has 0 spiro atoms. The van der Waals surface area contributed by atoms with Crippen LogP contribution in [-0.2, 0) is 0 Å². The quantitative estimate of drug-likeness (QED) is 0.553. The van der Waals surface area contributed by atoms with Gasteiger partial charge in [0, 0.05) is 18.4 Å². The van der Waals surface area contributed by atoms with Gasteiger partial charge >= 0.3 is 0 Å². The Morgan fingerprint density at radius 1 is 0.840 bits per heavy atom. The smallest absolute Gasteiger partial charge is 0.172 e. The summed E-state index contributed by atoms with van der Waals surface area (Å²) in [5, 5.41) is 0. The van der Waals surface area contributed by atoms with Gasteiger partial charge in [0.25, 0.3) is 0 Å². The minimum atomic E-state index is 0.481. The normalized spacial score (nSPS) is 16.6. The summed E-state index contributed by atoms with van der Waals surface area (Å²) in [6.45, 7) is 5.70. The van der Waals surface area contributed by atoms with Gasteiger partial charge in [0.2, 0.25) is 0 Å². The molecule has 0 fully saturated rings. The first-order valence-corrected chi connectivity index (χ1v) is 9.80. The summed E-state index contributed by atoms with van der Waals surface area (Å²) >= 11 is 0. The average Bonchev–Trinajstić information content (AvgIpc) is 2.82. The Morgan fingerprint density at radius 3 is 2.32 bits per heavy atom. The molecule has 1 unspecified atom stereocenters. The van der Waals surface area contributed by atoms with Crippen LogP contribution in [0.5, 0.6) is 0 Å². The molecule has 0 saturated carbocycles. The summed E-state index contributed by atoms with van der Waals surface area (Å²) in [6, 6.07) is 20.2. The van der Waals surface area contributed by atoms with E-state index in [1.54, 1.807) is 0 Å². The number of fused-ring (bicyclic) bond motifs is 1. The lowest BCUT2D eigenvalue weighted by atomic mass is 9.93. The maximum Gasteiger partial charge on any atom is 0.172 e. The molecule has 130 valence electrons. The van der Waals surface area contributed by atoms with Crippen LogP contribution in [0.25, 0.3) is 5.57 Å². The zero-order chi connectivity index (χ0) is 17.5. The maximum absolute atomic E-state index is 2.58. The Hall–Kier alpha value is -2.15. The van der Waals surface area contributed by atoms with Crippen molar-refractivity contribution in [1.82, 2.24) is 0 Å². The van der Waals surface area contributed by atoms with Crippen LogP contribution in [0.4, 0.5) is 0 Å². The lowest BCUT2D eigenvalue weighted by Crippen LogP contribution is -2.26. The first-order valence-electron chi connectivity index (χ1n) is 9.80. The van der Waals surface area contributed by atoms with E-state index in [0.717, 1.165) is 6.54 Å². The molecule has 0 aliphatic carbocycles. The molecule has 25 heavy (non-hydrogen) atoms. The highest BCUT2D eigenvalue weighted by molar-refractivity contribution is 5.92. The molecular formula is C24H30N+. The molecular weight excluding hydrogens is 302 g/mol. The monoisotopic (exact) mass is 332 g/mol. The number of benzene rings is 2. The van der Waals surface area contributed by atoms with Crippen molar-refractivity contribution in [3.05, 3.63) is 77.4 Å². The maximum atomic E-state index is 2.58. The standard InChI is InChI=1S/C24H30N/c1-3-5-15-22-18-24(20-12-8-7-9-13-20)23-16-11-10-14-21(23)19-25(22)17-6-4-2/h7-14,16,18-19,22H,3-6,15,17H2,1-2H3/q+1. The lowest BCUT2D eigenvalue weighted by molar-refractivity contribution is -0.551. The highest BCUT2D eigenvalue weighted by Gasteiger charge is 2.24. The number of hydrogen-bond donors (Lipinski definition) is 0. The van der Waals surface area contributed by atoms with Crippen molar-refractivity contribution >= 4 is 11.8 Å². The Morgan fingerprint density at radius 2 is 1.56 bits per heavy atom. The van der Waals surface area contributed by atoms with Crippen molar-refractivity contribution < 1.29 is 4.58 Å². The van der Waals surface area contributed by atoms with E-state index in [0.29, 0.717) is 6.04 Å². The first kappa shape index (κ1) is 17.7. The van der Waals surface area contributed by atoms with Crippen molar-refractivity contribution in [2.24, 2.45) is 0 Å². The summed E-state index contributed by atoms with van der Waals surface area (Å²) in [5.74, 6) is 0. The van der Waals surface area contributed by atoms with Crippen molar-refractivity contribution in [2.75, 3.05) is 6.54 Å². The highest BCUT2D eigenvalue weighted by Crippen LogP contribution is 2.29. The van der Waals surface area contributed by atoms with Crippen LogP contribution in [0.2, 0.25) is 0 Å². The van der Waals surface area contributed by atoms with Crippen molar-refractivity contribution in [3.8, 4) is 0 Å². The molecule has 0 aromatic heterocycles. The summed E-state index contributed by atoms with van der Waals surface area (Å²) in [5.41, 5.74) is 5.40. The molecule has 1 nitrogen and oxygen atoms in total. The largest absolute Gasteiger partial charge is 0.229 e. The zero-order valence-electron chi connectivity index (χ0n) is 15.6. The molecule has 1 atom stereocenters. The van der Waals surface area contributed by atoms with E-state index in [1.807, 2.05) is 0 Å². The molecule has 0 N–H and O–H groups in total. The third kappa shape index (κ3) is 4.28. The molecule has 0 saturated heterocycles. The Kier molecular flexibility index (Phi) is 6.22. The van der Waals surface area contributed by atoms with Gasteiger partial charge in [-0.1, -0.05) is 75.2 Å². The molecule has 2 aromatic carbocycles. The molecule has 0 bridgehead atoms. The SMILES string of the molecule is CCCCC1C=C(c2ccccc2)c2ccccc2C=[N+]1CCCC. The van der Waals surface area contributed by atoms with Crippen LogP contribution < -0.4 is 0 Å². The lowest BCUT2D eigenvalue weighted by Gasteiger charge is -2.13. The highest BCUT2D eigenvalue weighted by atomic mass is 15.0. The average molecular weight is 333 g/mol. The molecule has 1 aliphatic rings. The van der Waals surface area contributed by atoms with E-state index >= 15 is 0 Å². The van der Waals surface area contributed by atoms with Gasteiger partial charge in [0.05, 0.1) is 0 Å². The Balaban J connectivity index is 2.09. The van der Waals surface area contributed by atoms with Crippen LogP contribution >= 0.6 is 0 Å². The molecule has 1 heterocycles. The van der Waals surface area contributed by atoms with Gasteiger partial charge in [0.1, 0.15) is 6.54 Å². The van der Waals surface area contributed by atoms with Gasteiger partial charge in [-0.25, -0.2) is 4.58 Å². The van der Waals surface area contributed by atoms with Crippen LogP contribution in [0, 0.1) is 0 Å². The topological polar surface area (TPSA) is 3.01 Å². The third-order valence-electron chi connectivity index (χ3n) is 5.05. The second kappa shape index (κ2) is 8.80. The first-order chi connectivity index (χ1) is 12.3. The second-order valence-electron chi connectivity index (χ2n) is 6.96. The second-order valence-corrected chi connectivity index (χ2v) is 6.96. The molecule has 0 radical (unpaired) electrons. The van der Waals surface area contributed by atoms with Gasteiger partial charge in [0.15, 0.2) is 12.3 Å². The fraction of sp³-hybridized carbons (Fsp3) is 0.375. The van der Waals surface area contributed by atoms with Gasteiger partial charge in [-0.15, -0.1) is 0 Å². The molecule has 1 heteroatoms. The van der Waals surface area contributed by atoms with Crippen LogP contribution in [0.3, 0.4) is 0 Å². The van der Waals surface area contributed by atoms with E-state index in [9.17, 15) is 0 Å². The minimum Gasteiger partial charge on any atom is -0.229 e. The number of unbranched alkanes of at least 4 members (excludes halogenated alkanes) is 2. The Labute approximate surface area is 152 Å². The van der Waals surface area contributed by atoms with E-state index in [-0.39, 0.29) is 0 Å². The van der Waals surface area contributed by atoms with E-state index in [1.165, 1.54) is 54.4 Å². The van der Waals surface area contributed by atoms with E-state index < -0.39 is 0 Å². The van der Waals surface area contributed by atoms with Gasteiger partial charge < -0.3 is 0 Å². The number of nitrogens with zero attached hydrogens (tertiary/aromatic N) is 1. The van der Waals surface area contributed by atoms with Gasteiger partial charge in [-0.05, 0) is 35.3 Å². The summed E-state index contributed by atoms with van der Waals surface area (Å²) < 4.78 is 2.58. The van der Waals surface area contributed by atoms with Crippen molar-refractivity contribution in [3.63, 3.8) is 0 Å².